The van der Waals surface area contributed by atoms with Crippen LogP contribution in [0.4, 0.5) is 0 Å². The van der Waals surface area contributed by atoms with Crippen molar-refractivity contribution in [1.82, 2.24) is 0 Å². The zero-order chi connectivity index (χ0) is 14.7. The number of rotatable bonds is 5. The average Bonchev–Trinajstić information content (AvgIpc) is 2.95. The second-order valence-electron chi connectivity index (χ2n) is 4.26. The fourth-order valence-corrected chi connectivity index (χ4v) is 2.34. The predicted octanol–water partition coefficient (Wildman–Crippen LogP) is 3.59. The molecular formula is C15H17ClO4. The summed E-state index contributed by atoms with van der Waals surface area (Å²) >= 11 is 6.19. The number of aliphatic hydroxyl groups excluding tert-OH is 1. The topological polar surface area (TPSA) is 51.8 Å². The number of hydrogen-bond donors (Lipinski definition) is 1. The van der Waals surface area contributed by atoms with Crippen LogP contribution in [-0.2, 0) is 6.42 Å². The first-order valence-electron chi connectivity index (χ1n) is 6.29. The zero-order valence-electron chi connectivity index (χ0n) is 11.6. The molecule has 4 nitrogen and oxygen atoms in total. The van der Waals surface area contributed by atoms with Crippen LogP contribution in [0.1, 0.15) is 30.1 Å². The van der Waals surface area contributed by atoms with Gasteiger partial charge < -0.3 is 19.0 Å². The SMILES string of the molecule is CCc1ccc(C(O)c2ccc(OC)c(Cl)c2OC)o1. The number of halogens is 1. The van der Waals surface area contributed by atoms with Crippen LogP contribution >= 0.6 is 11.6 Å². The molecule has 1 aromatic heterocycles. The summed E-state index contributed by atoms with van der Waals surface area (Å²) in [5, 5.41) is 10.8. The lowest BCUT2D eigenvalue weighted by Crippen LogP contribution is -2.02. The molecule has 0 radical (unpaired) electrons. The quantitative estimate of drug-likeness (QED) is 0.916. The highest BCUT2D eigenvalue weighted by Crippen LogP contribution is 2.41. The highest BCUT2D eigenvalue weighted by Gasteiger charge is 2.22. The van der Waals surface area contributed by atoms with Gasteiger partial charge in [0.05, 0.1) is 14.2 Å². The van der Waals surface area contributed by atoms with E-state index < -0.39 is 6.10 Å². The van der Waals surface area contributed by atoms with E-state index >= 15 is 0 Å². The Kier molecular flexibility index (Phi) is 4.57. The molecule has 0 saturated carbocycles. The lowest BCUT2D eigenvalue weighted by atomic mass is 10.1. The molecule has 0 saturated heterocycles. The molecule has 0 aliphatic rings. The third kappa shape index (κ3) is 2.62. The molecule has 1 atom stereocenters. The van der Waals surface area contributed by atoms with Crippen LogP contribution in [0.2, 0.25) is 5.02 Å². The number of benzene rings is 1. The van der Waals surface area contributed by atoms with E-state index in [9.17, 15) is 5.11 Å². The van der Waals surface area contributed by atoms with Gasteiger partial charge in [-0.25, -0.2) is 0 Å². The average molecular weight is 297 g/mol. The second kappa shape index (κ2) is 6.20. The number of furan rings is 1. The van der Waals surface area contributed by atoms with Crippen LogP contribution in [0, 0.1) is 0 Å². The van der Waals surface area contributed by atoms with Crippen molar-refractivity contribution in [2.75, 3.05) is 14.2 Å². The summed E-state index contributed by atoms with van der Waals surface area (Å²) in [5.41, 5.74) is 0.537. The summed E-state index contributed by atoms with van der Waals surface area (Å²) in [4.78, 5) is 0. The minimum absolute atomic E-state index is 0.328. The van der Waals surface area contributed by atoms with Crippen molar-refractivity contribution in [3.05, 3.63) is 46.4 Å². The first-order chi connectivity index (χ1) is 9.62. The highest BCUT2D eigenvalue weighted by molar-refractivity contribution is 6.33. The van der Waals surface area contributed by atoms with Crippen LogP contribution in [-0.4, -0.2) is 19.3 Å². The summed E-state index contributed by atoms with van der Waals surface area (Å²) in [7, 11) is 3.02. The maximum Gasteiger partial charge on any atom is 0.147 e. The number of aryl methyl sites for hydroxylation is 1. The first kappa shape index (κ1) is 14.8. The molecule has 1 N–H and O–H groups in total. The van der Waals surface area contributed by atoms with Crippen molar-refractivity contribution in [3.8, 4) is 11.5 Å². The van der Waals surface area contributed by atoms with Gasteiger partial charge in [-0.15, -0.1) is 0 Å². The first-order valence-corrected chi connectivity index (χ1v) is 6.67. The molecule has 1 unspecified atom stereocenters. The summed E-state index contributed by atoms with van der Waals surface area (Å²) in [6.45, 7) is 1.99. The summed E-state index contributed by atoms with van der Waals surface area (Å²) in [6.07, 6.45) is -0.165. The Bertz CT molecular complexity index is 592. The van der Waals surface area contributed by atoms with Crippen molar-refractivity contribution >= 4 is 11.6 Å². The highest BCUT2D eigenvalue weighted by atomic mass is 35.5. The third-order valence-corrected chi connectivity index (χ3v) is 3.47. The molecule has 5 heteroatoms. The van der Waals surface area contributed by atoms with E-state index in [1.165, 1.54) is 14.2 Å². The Morgan fingerprint density at radius 1 is 1.20 bits per heavy atom. The Labute approximate surface area is 122 Å². The van der Waals surface area contributed by atoms with Gasteiger partial charge in [0.25, 0.3) is 0 Å². The normalized spacial score (nSPS) is 12.2. The van der Waals surface area contributed by atoms with Gasteiger partial charge in [-0.3, -0.25) is 0 Å². The molecular weight excluding hydrogens is 280 g/mol. The zero-order valence-corrected chi connectivity index (χ0v) is 12.4. The van der Waals surface area contributed by atoms with Gasteiger partial charge in [0.2, 0.25) is 0 Å². The van der Waals surface area contributed by atoms with Crippen molar-refractivity contribution in [2.24, 2.45) is 0 Å². The molecule has 1 aromatic carbocycles. The minimum Gasteiger partial charge on any atom is -0.495 e. The molecule has 0 amide bonds. The van der Waals surface area contributed by atoms with Crippen LogP contribution in [0.15, 0.2) is 28.7 Å². The summed E-state index contributed by atoms with van der Waals surface area (Å²) < 4.78 is 16.0. The number of hydrogen-bond acceptors (Lipinski definition) is 4. The Hall–Kier alpha value is -1.65. The number of methoxy groups -OCH3 is 2. The molecule has 0 spiro atoms. The van der Waals surface area contributed by atoms with Crippen LogP contribution in [0.3, 0.4) is 0 Å². The smallest absolute Gasteiger partial charge is 0.147 e. The van der Waals surface area contributed by atoms with E-state index in [1.807, 2.05) is 13.0 Å². The van der Waals surface area contributed by atoms with Gasteiger partial charge in [-0.2, -0.15) is 0 Å². The molecule has 0 fully saturated rings. The monoisotopic (exact) mass is 296 g/mol. The summed E-state index contributed by atoms with van der Waals surface area (Å²) in [6, 6.07) is 6.99. The van der Waals surface area contributed by atoms with Crippen molar-refractivity contribution < 1.29 is 19.0 Å². The predicted molar refractivity (Wildman–Crippen MR) is 76.7 cm³/mol. The number of aliphatic hydroxyl groups is 1. The van der Waals surface area contributed by atoms with Crippen molar-refractivity contribution in [3.63, 3.8) is 0 Å². The van der Waals surface area contributed by atoms with E-state index in [-0.39, 0.29) is 0 Å². The Morgan fingerprint density at radius 2 is 1.95 bits per heavy atom. The molecule has 2 aromatic rings. The van der Waals surface area contributed by atoms with E-state index in [2.05, 4.69) is 0 Å². The number of ether oxygens (including phenoxy) is 2. The largest absolute Gasteiger partial charge is 0.495 e. The lowest BCUT2D eigenvalue weighted by Gasteiger charge is -2.16. The van der Waals surface area contributed by atoms with Gasteiger partial charge >= 0.3 is 0 Å². The standard InChI is InChI=1S/C15H17ClO4/c1-4-9-5-7-12(20-9)14(17)10-6-8-11(18-2)13(16)15(10)19-3/h5-8,14,17H,4H2,1-3H3. The van der Waals surface area contributed by atoms with Crippen molar-refractivity contribution in [2.45, 2.75) is 19.4 Å². The molecule has 0 aliphatic heterocycles. The molecule has 2 rings (SSSR count). The Balaban J connectivity index is 2.43. The second-order valence-corrected chi connectivity index (χ2v) is 4.64. The fourth-order valence-electron chi connectivity index (χ4n) is 2.02. The fraction of sp³-hybridized carbons (Fsp3) is 0.333. The van der Waals surface area contributed by atoms with Gasteiger partial charge in [0.15, 0.2) is 0 Å². The van der Waals surface area contributed by atoms with Crippen LogP contribution in [0.5, 0.6) is 11.5 Å². The molecule has 20 heavy (non-hydrogen) atoms. The van der Waals surface area contributed by atoms with E-state index in [0.717, 1.165) is 12.2 Å². The molecule has 0 bridgehead atoms. The lowest BCUT2D eigenvalue weighted by molar-refractivity contribution is 0.182. The van der Waals surface area contributed by atoms with E-state index in [1.54, 1.807) is 18.2 Å². The molecule has 0 aliphatic carbocycles. The molecule has 108 valence electrons. The van der Waals surface area contributed by atoms with E-state index in [4.69, 9.17) is 25.5 Å². The third-order valence-electron chi connectivity index (χ3n) is 3.11. The van der Waals surface area contributed by atoms with Crippen LogP contribution in [0.25, 0.3) is 0 Å². The van der Waals surface area contributed by atoms with Crippen LogP contribution < -0.4 is 9.47 Å². The maximum atomic E-state index is 10.4. The minimum atomic E-state index is -0.936. The Morgan fingerprint density at radius 3 is 2.50 bits per heavy atom. The summed E-state index contributed by atoms with van der Waals surface area (Å²) in [5.74, 6) is 2.15. The van der Waals surface area contributed by atoms with Gasteiger partial charge in [0, 0.05) is 12.0 Å². The van der Waals surface area contributed by atoms with Gasteiger partial charge in [-0.05, 0) is 24.3 Å². The maximum absolute atomic E-state index is 10.4. The van der Waals surface area contributed by atoms with Gasteiger partial charge in [0.1, 0.15) is 34.1 Å². The van der Waals surface area contributed by atoms with Crippen molar-refractivity contribution in [1.29, 1.82) is 0 Å². The van der Waals surface area contributed by atoms with E-state index in [0.29, 0.717) is 27.8 Å². The van der Waals surface area contributed by atoms with Gasteiger partial charge in [-0.1, -0.05) is 18.5 Å². The molecule has 1 heterocycles.